The first kappa shape index (κ1) is 10.9. The summed E-state index contributed by atoms with van der Waals surface area (Å²) in [4.78, 5) is 26.7. The minimum Gasteiger partial charge on any atom is -0.465 e. The first-order valence-corrected chi connectivity index (χ1v) is 5.66. The molecule has 86 valence electrons. The first-order chi connectivity index (χ1) is 7.56. The zero-order valence-corrected chi connectivity index (χ0v) is 9.43. The van der Waals surface area contributed by atoms with E-state index in [0.29, 0.717) is 10.6 Å². The monoisotopic (exact) mass is 241 g/mol. The van der Waals surface area contributed by atoms with Crippen LogP contribution in [0, 0.1) is 6.92 Å². The van der Waals surface area contributed by atoms with Gasteiger partial charge in [-0.25, -0.2) is 9.78 Å². The first-order valence-electron chi connectivity index (χ1n) is 4.84. The number of amides is 2. The molecule has 3 N–H and O–H groups in total. The van der Waals surface area contributed by atoms with Gasteiger partial charge < -0.3 is 10.4 Å². The van der Waals surface area contributed by atoms with Crippen LogP contribution < -0.4 is 10.6 Å². The Kier molecular flexibility index (Phi) is 2.78. The maximum absolute atomic E-state index is 11.7. The van der Waals surface area contributed by atoms with E-state index in [1.165, 1.54) is 0 Å². The lowest BCUT2D eigenvalue weighted by Crippen LogP contribution is -2.26. The van der Waals surface area contributed by atoms with E-state index in [4.69, 9.17) is 5.11 Å². The standard InChI is InChI=1S/C9H11N3O3S/c1-4-6(7(13)10-5-2-3-5)11-8(16-4)12-9(14)15/h5H,2-3H2,1H3,(H,10,13)(H,11,12)(H,14,15). The average Bonchev–Trinajstić information content (AvgIpc) is 2.89. The lowest BCUT2D eigenvalue weighted by atomic mass is 10.3. The molecule has 0 atom stereocenters. The maximum Gasteiger partial charge on any atom is 0.410 e. The number of carboxylic acid groups (broad SMARTS) is 1. The smallest absolute Gasteiger partial charge is 0.410 e. The summed E-state index contributed by atoms with van der Waals surface area (Å²) in [6, 6.07) is 0.268. The van der Waals surface area contributed by atoms with Gasteiger partial charge in [-0.2, -0.15) is 0 Å². The van der Waals surface area contributed by atoms with Gasteiger partial charge in [-0.15, -0.1) is 11.3 Å². The summed E-state index contributed by atoms with van der Waals surface area (Å²) in [5.41, 5.74) is 0.306. The second kappa shape index (κ2) is 4.09. The number of carbonyl (C=O) groups excluding carboxylic acids is 1. The summed E-state index contributed by atoms with van der Waals surface area (Å²) in [5.74, 6) is -0.227. The Labute approximate surface area is 95.7 Å². The van der Waals surface area contributed by atoms with Gasteiger partial charge in [0.05, 0.1) is 0 Å². The van der Waals surface area contributed by atoms with E-state index in [1.807, 2.05) is 0 Å². The maximum atomic E-state index is 11.7. The number of hydrogen-bond donors (Lipinski definition) is 3. The summed E-state index contributed by atoms with van der Waals surface area (Å²) in [6.45, 7) is 1.74. The Morgan fingerprint density at radius 3 is 2.75 bits per heavy atom. The van der Waals surface area contributed by atoms with Crippen LogP contribution in [-0.2, 0) is 0 Å². The van der Waals surface area contributed by atoms with Crippen molar-refractivity contribution in [3.63, 3.8) is 0 Å². The molecule has 16 heavy (non-hydrogen) atoms. The topological polar surface area (TPSA) is 91.3 Å². The SMILES string of the molecule is Cc1sc(NC(=O)O)nc1C(=O)NC1CC1. The van der Waals surface area contributed by atoms with Gasteiger partial charge in [0, 0.05) is 10.9 Å². The molecule has 0 unspecified atom stereocenters. The Morgan fingerprint density at radius 2 is 2.19 bits per heavy atom. The summed E-state index contributed by atoms with van der Waals surface area (Å²) in [6.07, 6.45) is 0.840. The van der Waals surface area contributed by atoms with Gasteiger partial charge in [0.15, 0.2) is 5.13 Å². The van der Waals surface area contributed by atoms with Crippen LogP contribution in [-0.4, -0.2) is 28.1 Å². The van der Waals surface area contributed by atoms with Crippen molar-refractivity contribution in [2.24, 2.45) is 0 Å². The van der Waals surface area contributed by atoms with Crippen LogP contribution in [0.25, 0.3) is 0 Å². The van der Waals surface area contributed by atoms with Gasteiger partial charge in [-0.05, 0) is 19.8 Å². The van der Waals surface area contributed by atoms with Crippen molar-refractivity contribution in [3.8, 4) is 0 Å². The van der Waals surface area contributed by atoms with Gasteiger partial charge in [0.1, 0.15) is 5.69 Å². The Balaban J connectivity index is 2.10. The molecule has 7 heteroatoms. The number of rotatable bonds is 3. The summed E-state index contributed by atoms with van der Waals surface area (Å²) >= 11 is 1.15. The van der Waals surface area contributed by atoms with Gasteiger partial charge in [0.2, 0.25) is 0 Å². The number of aryl methyl sites for hydroxylation is 1. The van der Waals surface area contributed by atoms with Crippen molar-refractivity contribution in [2.45, 2.75) is 25.8 Å². The summed E-state index contributed by atoms with van der Waals surface area (Å²) in [7, 11) is 0. The van der Waals surface area contributed by atoms with Crippen LogP contribution in [0.1, 0.15) is 28.2 Å². The van der Waals surface area contributed by atoms with Gasteiger partial charge in [0.25, 0.3) is 5.91 Å². The lowest BCUT2D eigenvalue weighted by Gasteiger charge is -1.99. The van der Waals surface area contributed by atoms with Crippen LogP contribution in [0.4, 0.5) is 9.93 Å². The molecule has 1 aromatic heterocycles. The lowest BCUT2D eigenvalue weighted by molar-refractivity contribution is 0.0946. The van der Waals surface area contributed by atoms with Crippen molar-refractivity contribution < 1.29 is 14.7 Å². The molecule has 0 aliphatic heterocycles. The highest BCUT2D eigenvalue weighted by molar-refractivity contribution is 7.16. The van der Waals surface area contributed by atoms with Crippen LogP contribution in [0.5, 0.6) is 0 Å². The van der Waals surface area contributed by atoms with E-state index in [9.17, 15) is 9.59 Å². The molecule has 0 bridgehead atoms. The van der Waals surface area contributed by atoms with Crippen molar-refractivity contribution in [1.82, 2.24) is 10.3 Å². The number of nitrogens with one attached hydrogen (secondary N) is 2. The Morgan fingerprint density at radius 1 is 1.50 bits per heavy atom. The molecule has 1 saturated carbocycles. The molecule has 0 radical (unpaired) electrons. The average molecular weight is 241 g/mol. The van der Waals surface area contributed by atoms with Crippen LogP contribution in [0.3, 0.4) is 0 Å². The van der Waals surface area contributed by atoms with Gasteiger partial charge in [-0.1, -0.05) is 0 Å². The highest BCUT2D eigenvalue weighted by Gasteiger charge is 2.26. The zero-order chi connectivity index (χ0) is 11.7. The third-order valence-corrected chi connectivity index (χ3v) is 3.02. The minimum atomic E-state index is -1.18. The number of carbonyl (C=O) groups is 2. The number of aromatic nitrogens is 1. The van der Waals surface area contributed by atoms with E-state index in [1.54, 1.807) is 6.92 Å². The predicted molar refractivity (Wildman–Crippen MR) is 59.0 cm³/mol. The molecule has 2 amide bonds. The number of thiazole rings is 1. The minimum absolute atomic E-state index is 0.227. The van der Waals surface area contributed by atoms with E-state index in [2.05, 4.69) is 15.6 Å². The molecular weight excluding hydrogens is 230 g/mol. The highest BCUT2D eigenvalue weighted by atomic mass is 32.1. The van der Waals surface area contributed by atoms with Crippen molar-refractivity contribution in [3.05, 3.63) is 10.6 Å². The molecule has 6 nitrogen and oxygen atoms in total. The molecule has 1 fully saturated rings. The van der Waals surface area contributed by atoms with E-state index in [0.717, 1.165) is 24.2 Å². The van der Waals surface area contributed by atoms with Gasteiger partial charge in [-0.3, -0.25) is 10.1 Å². The molecule has 0 saturated heterocycles. The third-order valence-electron chi connectivity index (χ3n) is 2.14. The zero-order valence-electron chi connectivity index (χ0n) is 8.61. The number of anilines is 1. The van der Waals surface area contributed by atoms with Crippen LogP contribution in [0.2, 0.25) is 0 Å². The molecule has 0 aromatic carbocycles. The largest absolute Gasteiger partial charge is 0.465 e. The van der Waals surface area contributed by atoms with Crippen molar-refractivity contribution in [2.75, 3.05) is 5.32 Å². The third kappa shape index (κ3) is 2.48. The Hall–Kier alpha value is -1.63. The van der Waals surface area contributed by atoms with Gasteiger partial charge >= 0.3 is 6.09 Å². The summed E-state index contributed by atoms with van der Waals surface area (Å²) in [5, 5.41) is 13.7. The fraction of sp³-hybridized carbons (Fsp3) is 0.444. The molecule has 1 aromatic rings. The van der Waals surface area contributed by atoms with E-state index in [-0.39, 0.29) is 17.1 Å². The molecule has 0 spiro atoms. The van der Waals surface area contributed by atoms with E-state index < -0.39 is 6.09 Å². The quantitative estimate of drug-likeness (QED) is 0.746. The fourth-order valence-electron chi connectivity index (χ4n) is 1.23. The number of hydrogen-bond acceptors (Lipinski definition) is 4. The predicted octanol–water partition coefficient (Wildman–Crippen LogP) is 1.43. The van der Waals surface area contributed by atoms with Crippen molar-refractivity contribution >= 4 is 28.5 Å². The highest BCUT2D eigenvalue weighted by Crippen LogP contribution is 2.24. The molecule has 1 aliphatic rings. The normalized spacial score (nSPS) is 14.6. The molecule has 2 rings (SSSR count). The van der Waals surface area contributed by atoms with Crippen molar-refractivity contribution in [1.29, 1.82) is 0 Å². The fourth-order valence-corrected chi connectivity index (χ4v) is 2.03. The second-order valence-corrected chi connectivity index (χ2v) is 4.80. The molecular formula is C9H11N3O3S. The summed E-state index contributed by atoms with van der Waals surface area (Å²) < 4.78 is 0. The number of nitrogens with zero attached hydrogens (tertiary/aromatic N) is 1. The van der Waals surface area contributed by atoms with Crippen LogP contribution in [0.15, 0.2) is 0 Å². The molecule has 1 aliphatic carbocycles. The van der Waals surface area contributed by atoms with E-state index >= 15 is 0 Å². The Bertz CT molecular complexity index is 439. The molecule has 1 heterocycles. The second-order valence-electron chi connectivity index (χ2n) is 3.60. The van der Waals surface area contributed by atoms with Crippen LogP contribution >= 0.6 is 11.3 Å².